The topological polar surface area (TPSA) is 108 Å². The number of hydrogen-bond acceptors (Lipinski definition) is 7. The van der Waals surface area contributed by atoms with Gasteiger partial charge in [-0.2, -0.15) is 0 Å². The predicted octanol–water partition coefficient (Wildman–Crippen LogP) is 1.47. The number of nitrogens with two attached hydrogens (primary N) is 1. The second kappa shape index (κ2) is 7.43. The second-order valence-corrected chi connectivity index (χ2v) is 8.60. The molecule has 10 heteroatoms. The van der Waals surface area contributed by atoms with Crippen LogP contribution in [0.2, 0.25) is 0 Å². The average molecular weight is 405 g/mol. The van der Waals surface area contributed by atoms with Gasteiger partial charge in [0.15, 0.2) is 10.1 Å². The highest BCUT2D eigenvalue weighted by Crippen LogP contribution is 2.29. The Labute approximate surface area is 163 Å². The van der Waals surface area contributed by atoms with Crippen LogP contribution in [0.5, 0.6) is 0 Å². The van der Waals surface area contributed by atoms with Gasteiger partial charge >= 0.3 is 0 Å². The molecule has 1 aliphatic rings. The fraction of sp³-hybridized carbons (Fsp3) is 0.471. The van der Waals surface area contributed by atoms with E-state index in [1.54, 1.807) is 21.8 Å². The molecule has 0 saturated heterocycles. The van der Waals surface area contributed by atoms with E-state index in [0.717, 1.165) is 40.8 Å². The Morgan fingerprint density at radius 1 is 1.33 bits per heavy atom. The van der Waals surface area contributed by atoms with Gasteiger partial charge in [0.05, 0.1) is 5.69 Å². The maximum Gasteiger partial charge on any atom is 0.259 e. The van der Waals surface area contributed by atoms with Crippen LogP contribution in [0.25, 0.3) is 4.96 Å². The molecule has 4 rings (SSSR count). The van der Waals surface area contributed by atoms with Gasteiger partial charge in [-0.1, -0.05) is 11.8 Å². The highest BCUT2D eigenvalue weighted by molar-refractivity contribution is 7.98. The van der Waals surface area contributed by atoms with Crippen LogP contribution in [-0.2, 0) is 36.9 Å². The van der Waals surface area contributed by atoms with Gasteiger partial charge in [-0.3, -0.25) is 14.0 Å². The van der Waals surface area contributed by atoms with E-state index in [0.29, 0.717) is 18.0 Å². The maximum atomic E-state index is 12.6. The Morgan fingerprint density at radius 3 is 2.96 bits per heavy atom. The smallest absolute Gasteiger partial charge is 0.259 e. The van der Waals surface area contributed by atoms with E-state index in [2.05, 4.69) is 10.2 Å². The van der Waals surface area contributed by atoms with Gasteiger partial charge in [0, 0.05) is 42.3 Å². The molecule has 0 unspecified atom stereocenters. The molecule has 0 saturated carbocycles. The first-order chi connectivity index (χ1) is 13.0. The van der Waals surface area contributed by atoms with Gasteiger partial charge in [-0.25, -0.2) is 4.98 Å². The zero-order valence-corrected chi connectivity index (χ0v) is 16.6. The lowest BCUT2D eigenvalue weighted by Crippen LogP contribution is -2.17. The van der Waals surface area contributed by atoms with Crippen LogP contribution in [0.15, 0.2) is 16.0 Å². The largest absolute Gasteiger partial charge is 0.370 e. The molecule has 3 heterocycles. The lowest BCUT2D eigenvalue weighted by molar-refractivity contribution is -0.118. The third kappa shape index (κ3) is 3.63. The minimum atomic E-state index is -0.358. The number of thiazole rings is 1. The monoisotopic (exact) mass is 404 g/mol. The summed E-state index contributed by atoms with van der Waals surface area (Å²) in [5.74, 6) is 0.894. The van der Waals surface area contributed by atoms with E-state index in [1.165, 1.54) is 23.1 Å². The first kappa shape index (κ1) is 18.2. The highest BCUT2D eigenvalue weighted by atomic mass is 32.2. The third-order valence-corrected chi connectivity index (χ3v) is 6.88. The number of amides is 1. The number of rotatable bonds is 6. The van der Waals surface area contributed by atoms with Crippen LogP contribution >= 0.6 is 23.1 Å². The Bertz CT molecular complexity index is 1070. The number of hydrogen-bond donors (Lipinski definition) is 1. The van der Waals surface area contributed by atoms with Crippen LogP contribution in [0.4, 0.5) is 0 Å². The molecule has 0 atom stereocenters. The molecule has 0 aromatic carbocycles. The first-order valence-electron chi connectivity index (χ1n) is 8.85. The van der Waals surface area contributed by atoms with E-state index < -0.39 is 0 Å². The van der Waals surface area contributed by atoms with E-state index in [9.17, 15) is 9.59 Å². The Balaban J connectivity index is 1.53. The minimum absolute atomic E-state index is 0.00453. The Kier molecular flexibility index (Phi) is 5.00. The van der Waals surface area contributed by atoms with Crippen LogP contribution in [0, 0.1) is 0 Å². The van der Waals surface area contributed by atoms with E-state index in [-0.39, 0.29) is 17.9 Å². The molecule has 142 valence electrons. The molecule has 8 nitrogen and oxygen atoms in total. The number of thioether (sulfide) groups is 1. The number of fused-ring (bicyclic) bond motifs is 3. The summed E-state index contributed by atoms with van der Waals surface area (Å²) in [5, 5.41) is 9.00. The van der Waals surface area contributed by atoms with Crippen molar-refractivity contribution in [1.29, 1.82) is 0 Å². The SMILES string of the molecule is Cn1c(CCC(N)=O)nnc1SCc1cc(=O)n2c3c(sc2n1)CCCC3. The van der Waals surface area contributed by atoms with Gasteiger partial charge in [0.2, 0.25) is 5.91 Å². The fourth-order valence-corrected chi connectivity index (χ4v) is 5.33. The lowest BCUT2D eigenvalue weighted by atomic mass is 10.0. The van der Waals surface area contributed by atoms with Crippen molar-refractivity contribution in [2.45, 2.75) is 49.4 Å². The van der Waals surface area contributed by atoms with Crippen molar-refractivity contribution in [3.05, 3.63) is 38.5 Å². The Hall–Kier alpha value is -2.20. The van der Waals surface area contributed by atoms with Gasteiger partial charge < -0.3 is 10.3 Å². The molecular weight excluding hydrogens is 384 g/mol. The van der Waals surface area contributed by atoms with Gasteiger partial charge in [-0.15, -0.1) is 21.5 Å². The molecule has 0 spiro atoms. The van der Waals surface area contributed by atoms with Crippen LogP contribution in [0.3, 0.4) is 0 Å². The van der Waals surface area contributed by atoms with Crippen molar-refractivity contribution in [1.82, 2.24) is 24.1 Å². The summed E-state index contributed by atoms with van der Waals surface area (Å²) in [4.78, 5) is 30.3. The van der Waals surface area contributed by atoms with Crippen molar-refractivity contribution in [2.24, 2.45) is 12.8 Å². The number of primary amides is 1. The molecule has 0 aliphatic heterocycles. The quantitative estimate of drug-likeness (QED) is 0.623. The number of nitrogens with zero attached hydrogens (tertiary/aromatic N) is 5. The summed E-state index contributed by atoms with van der Waals surface area (Å²) in [5.41, 5.74) is 7.07. The third-order valence-electron chi connectivity index (χ3n) is 4.68. The van der Waals surface area contributed by atoms with Crippen molar-refractivity contribution in [3.63, 3.8) is 0 Å². The van der Waals surface area contributed by atoms with E-state index in [4.69, 9.17) is 10.7 Å². The molecule has 27 heavy (non-hydrogen) atoms. The Morgan fingerprint density at radius 2 is 2.15 bits per heavy atom. The van der Waals surface area contributed by atoms with Crippen molar-refractivity contribution in [3.8, 4) is 0 Å². The maximum absolute atomic E-state index is 12.6. The molecule has 1 amide bonds. The summed E-state index contributed by atoms with van der Waals surface area (Å²) in [6.45, 7) is 0. The minimum Gasteiger partial charge on any atom is -0.370 e. The van der Waals surface area contributed by atoms with Gasteiger partial charge in [0.1, 0.15) is 5.82 Å². The summed E-state index contributed by atoms with van der Waals surface area (Å²) >= 11 is 3.11. The normalized spacial score (nSPS) is 13.8. The zero-order chi connectivity index (χ0) is 19.0. The summed E-state index contributed by atoms with van der Waals surface area (Å²) in [6, 6.07) is 1.62. The molecule has 1 aliphatic carbocycles. The molecule has 0 fully saturated rings. The first-order valence-corrected chi connectivity index (χ1v) is 10.7. The molecule has 3 aromatic rings. The number of aryl methyl sites for hydroxylation is 3. The van der Waals surface area contributed by atoms with Crippen molar-refractivity contribution >= 4 is 34.0 Å². The van der Waals surface area contributed by atoms with Gasteiger partial charge in [0.25, 0.3) is 5.56 Å². The predicted molar refractivity (Wildman–Crippen MR) is 104 cm³/mol. The van der Waals surface area contributed by atoms with Crippen molar-refractivity contribution in [2.75, 3.05) is 0 Å². The summed E-state index contributed by atoms with van der Waals surface area (Å²) < 4.78 is 3.63. The van der Waals surface area contributed by atoms with E-state index >= 15 is 0 Å². The van der Waals surface area contributed by atoms with Crippen LogP contribution in [-0.4, -0.2) is 30.1 Å². The van der Waals surface area contributed by atoms with Crippen LogP contribution < -0.4 is 11.3 Å². The highest BCUT2D eigenvalue weighted by Gasteiger charge is 2.19. The molecular formula is C17H20N6O2S2. The average Bonchev–Trinajstić information content (AvgIpc) is 3.18. The molecule has 2 N–H and O–H groups in total. The standard InChI is InChI=1S/C17H20N6O2S2/c1-22-14(7-6-13(18)24)20-21-17(22)26-9-10-8-15(25)23-11-4-2-3-5-12(11)27-16(23)19-10/h8H,2-7,9H2,1H3,(H2,18,24). The number of aromatic nitrogens is 5. The van der Waals surface area contributed by atoms with Crippen molar-refractivity contribution < 1.29 is 4.79 Å². The number of carbonyl (C=O) groups excluding carboxylic acids is 1. The second-order valence-electron chi connectivity index (χ2n) is 6.60. The van der Waals surface area contributed by atoms with Gasteiger partial charge in [-0.05, 0) is 25.7 Å². The lowest BCUT2D eigenvalue weighted by Gasteiger charge is -2.10. The molecule has 3 aromatic heterocycles. The van der Waals surface area contributed by atoms with Crippen LogP contribution in [0.1, 0.15) is 41.4 Å². The molecule has 0 radical (unpaired) electrons. The summed E-state index contributed by atoms with van der Waals surface area (Å²) in [6.07, 6.45) is 5.02. The zero-order valence-electron chi connectivity index (χ0n) is 15.0. The van der Waals surface area contributed by atoms with E-state index in [1.807, 2.05) is 11.6 Å². The molecule has 0 bridgehead atoms. The fourth-order valence-electron chi connectivity index (χ4n) is 3.28. The summed E-state index contributed by atoms with van der Waals surface area (Å²) in [7, 11) is 1.86. The number of carbonyl (C=O) groups is 1.